The van der Waals surface area contributed by atoms with Crippen LogP contribution in [0.25, 0.3) is 0 Å². The fourth-order valence-corrected chi connectivity index (χ4v) is 4.20. The smallest absolute Gasteiger partial charge is 0.251 e. The van der Waals surface area contributed by atoms with Gasteiger partial charge in [0.25, 0.3) is 5.91 Å². The van der Waals surface area contributed by atoms with E-state index in [4.69, 9.17) is 4.74 Å². The number of para-hydroxylation sites is 1. The Kier molecular flexibility index (Phi) is 5.62. The van der Waals surface area contributed by atoms with E-state index < -0.39 is 0 Å². The molecule has 4 rings (SSSR count). The van der Waals surface area contributed by atoms with Gasteiger partial charge in [-0.05, 0) is 43.5 Å². The molecule has 0 spiro atoms. The van der Waals surface area contributed by atoms with Gasteiger partial charge in [0, 0.05) is 36.5 Å². The summed E-state index contributed by atoms with van der Waals surface area (Å²) in [4.78, 5) is 17.3. The predicted molar refractivity (Wildman–Crippen MR) is 118 cm³/mol. The first-order chi connectivity index (χ1) is 14.5. The number of hydrogen-bond acceptors (Lipinski definition) is 3. The highest BCUT2D eigenvalue weighted by molar-refractivity contribution is 5.94. The van der Waals surface area contributed by atoms with Crippen molar-refractivity contribution in [2.24, 2.45) is 0 Å². The lowest BCUT2D eigenvalue weighted by Gasteiger charge is -2.41. The Morgan fingerprint density at radius 3 is 2.57 bits per heavy atom. The molecule has 1 aliphatic rings. The molecule has 1 N–H and O–H groups in total. The van der Waals surface area contributed by atoms with Gasteiger partial charge in [0.15, 0.2) is 0 Å². The SMILES string of the molecule is CCC1(CC)C[C@@H](NC(=O)c2ccc(Cn3ccnc3C)cc2)c2ccccc2O1. The summed E-state index contributed by atoms with van der Waals surface area (Å²) in [5.41, 5.74) is 2.62. The van der Waals surface area contributed by atoms with Gasteiger partial charge in [0.05, 0.1) is 6.04 Å². The largest absolute Gasteiger partial charge is 0.487 e. The Labute approximate surface area is 178 Å². The van der Waals surface area contributed by atoms with Crippen LogP contribution in [-0.2, 0) is 6.54 Å². The average Bonchev–Trinajstić information content (AvgIpc) is 3.18. The monoisotopic (exact) mass is 403 g/mol. The van der Waals surface area contributed by atoms with Gasteiger partial charge in [-0.3, -0.25) is 4.79 Å². The maximum atomic E-state index is 13.0. The van der Waals surface area contributed by atoms with E-state index >= 15 is 0 Å². The van der Waals surface area contributed by atoms with Gasteiger partial charge in [0.1, 0.15) is 17.2 Å². The van der Waals surface area contributed by atoms with E-state index in [0.29, 0.717) is 5.56 Å². The highest BCUT2D eigenvalue weighted by atomic mass is 16.5. The van der Waals surface area contributed by atoms with Crippen LogP contribution >= 0.6 is 0 Å². The van der Waals surface area contributed by atoms with Gasteiger partial charge in [-0.15, -0.1) is 0 Å². The summed E-state index contributed by atoms with van der Waals surface area (Å²) in [6.07, 6.45) is 6.36. The Balaban J connectivity index is 1.51. The predicted octanol–water partition coefficient (Wildman–Crippen LogP) is 5.05. The lowest BCUT2D eigenvalue weighted by molar-refractivity contribution is 0.0227. The maximum Gasteiger partial charge on any atom is 0.251 e. The third-order valence-corrected chi connectivity index (χ3v) is 6.28. The molecular weight excluding hydrogens is 374 g/mol. The molecule has 2 aromatic carbocycles. The van der Waals surface area contributed by atoms with Gasteiger partial charge >= 0.3 is 0 Å². The van der Waals surface area contributed by atoms with Crippen molar-refractivity contribution >= 4 is 5.91 Å². The summed E-state index contributed by atoms with van der Waals surface area (Å²) < 4.78 is 8.44. The Morgan fingerprint density at radius 2 is 1.90 bits per heavy atom. The third kappa shape index (κ3) is 3.97. The molecule has 0 radical (unpaired) electrons. The number of hydrogen-bond donors (Lipinski definition) is 1. The molecule has 156 valence electrons. The van der Waals surface area contributed by atoms with Gasteiger partial charge in [0.2, 0.25) is 0 Å². The van der Waals surface area contributed by atoms with E-state index in [2.05, 4.69) is 28.7 Å². The van der Waals surface area contributed by atoms with Crippen molar-refractivity contribution in [1.82, 2.24) is 14.9 Å². The fourth-order valence-electron chi connectivity index (χ4n) is 4.20. The van der Waals surface area contributed by atoms with Crippen LogP contribution in [0.2, 0.25) is 0 Å². The number of aromatic nitrogens is 2. The number of carbonyl (C=O) groups is 1. The lowest BCUT2D eigenvalue weighted by Crippen LogP contribution is -2.44. The third-order valence-electron chi connectivity index (χ3n) is 6.28. The summed E-state index contributed by atoms with van der Waals surface area (Å²) in [5.74, 6) is 1.80. The minimum absolute atomic E-state index is 0.0526. The van der Waals surface area contributed by atoms with Crippen LogP contribution in [0.3, 0.4) is 0 Å². The van der Waals surface area contributed by atoms with E-state index in [9.17, 15) is 4.79 Å². The Morgan fingerprint density at radius 1 is 1.17 bits per heavy atom. The molecule has 1 aliphatic heterocycles. The van der Waals surface area contributed by atoms with Crippen LogP contribution in [0.4, 0.5) is 0 Å². The van der Waals surface area contributed by atoms with E-state index in [1.807, 2.05) is 61.7 Å². The number of benzene rings is 2. The van der Waals surface area contributed by atoms with Crippen LogP contribution < -0.4 is 10.1 Å². The van der Waals surface area contributed by atoms with E-state index in [0.717, 1.165) is 48.5 Å². The minimum atomic E-state index is -0.237. The zero-order valence-electron chi connectivity index (χ0n) is 17.9. The molecule has 1 aromatic heterocycles. The van der Waals surface area contributed by atoms with Gasteiger partial charge in [-0.2, -0.15) is 0 Å². The van der Waals surface area contributed by atoms with Gasteiger partial charge in [-0.25, -0.2) is 4.98 Å². The molecule has 5 heteroatoms. The molecule has 2 heterocycles. The topological polar surface area (TPSA) is 56.2 Å². The Bertz CT molecular complexity index is 1020. The molecule has 5 nitrogen and oxygen atoms in total. The van der Waals surface area contributed by atoms with Crippen LogP contribution in [0.15, 0.2) is 60.9 Å². The first-order valence-corrected chi connectivity index (χ1v) is 10.7. The molecule has 0 saturated carbocycles. The van der Waals surface area contributed by atoms with Gasteiger partial charge < -0.3 is 14.6 Å². The van der Waals surface area contributed by atoms with Crippen molar-refractivity contribution in [1.29, 1.82) is 0 Å². The normalized spacial score (nSPS) is 17.1. The van der Waals surface area contributed by atoms with Crippen molar-refractivity contribution < 1.29 is 9.53 Å². The Hall–Kier alpha value is -3.08. The quantitative estimate of drug-likeness (QED) is 0.626. The second kappa shape index (κ2) is 8.34. The zero-order valence-corrected chi connectivity index (χ0v) is 17.9. The number of carbonyl (C=O) groups excluding carboxylic acids is 1. The van der Waals surface area contributed by atoms with Crippen molar-refractivity contribution in [3.8, 4) is 5.75 Å². The summed E-state index contributed by atoms with van der Waals surface area (Å²) in [6.45, 7) is 7.03. The number of amides is 1. The van der Waals surface area contributed by atoms with Crippen molar-refractivity contribution in [2.45, 2.75) is 58.2 Å². The first kappa shape index (κ1) is 20.2. The summed E-state index contributed by atoms with van der Waals surface area (Å²) in [6, 6.07) is 15.8. The fraction of sp³-hybridized carbons (Fsp3) is 0.360. The number of imidazole rings is 1. The summed E-state index contributed by atoms with van der Waals surface area (Å²) in [5, 5.41) is 3.25. The van der Waals surface area contributed by atoms with Crippen molar-refractivity contribution in [3.05, 3.63) is 83.4 Å². The number of nitrogens with zero attached hydrogens (tertiary/aromatic N) is 2. The summed E-state index contributed by atoms with van der Waals surface area (Å²) in [7, 11) is 0. The molecule has 0 fully saturated rings. The zero-order chi connectivity index (χ0) is 21.1. The van der Waals surface area contributed by atoms with E-state index in [1.54, 1.807) is 6.20 Å². The number of rotatable bonds is 6. The molecule has 0 bridgehead atoms. The number of ether oxygens (including phenoxy) is 1. The lowest BCUT2D eigenvalue weighted by atomic mass is 9.83. The van der Waals surface area contributed by atoms with Crippen LogP contribution in [0, 0.1) is 6.92 Å². The number of fused-ring (bicyclic) bond motifs is 1. The second-order valence-electron chi connectivity index (χ2n) is 8.06. The molecular formula is C25H29N3O2. The molecule has 30 heavy (non-hydrogen) atoms. The summed E-state index contributed by atoms with van der Waals surface area (Å²) >= 11 is 0. The van der Waals surface area contributed by atoms with Crippen LogP contribution in [0.5, 0.6) is 5.75 Å². The van der Waals surface area contributed by atoms with E-state index in [-0.39, 0.29) is 17.6 Å². The van der Waals surface area contributed by atoms with Crippen LogP contribution in [-0.4, -0.2) is 21.1 Å². The standard InChI is InChI=1S/C25H29N3O2/c1-4-25(5-2)16-22(21-8-6-7-9-23(21)30-25)27-24(29)20-12-10-19(11-13-20)17-28-15-14-26-18(28)3/h6-15,22H,4-5,16-17H2,1-3H3,(H,27,29)/t22-/m1/s1. The van der Waals surface area contributed by atoms with Crippen molar-refractivity contribution in [2.75, 3.05) is 0 Å². The molecule has 1 amide bonds. The van der Waals surface area contributed by atoms with Gasteiger partial charge in [-0.1, -0.05) is 44.2 Å². The number of aryl methyl sites for hydroxylation is 1. The molecule has 1 atom stereocenters. The van der Waals surface area contributed by atoms with Crippen molar-refractivity contribution in [3.63, 3.8) is 0 Å². The molecule has 0 unspecified atom stereocenters. The van der Waals surface area contributed by atoms with Crippen LogP contribution in [0.1, 0.15) is 66.5 Å². The first-order valence-electron chi connectivity index (χ1n) is 10.7. The molecule has 3 aromatic rings. The second-order valence-corrected chi connectivity index (χ2v) is 8.06. The van der Waals surface area contributed by atoms with E-state index in [1.165, 1.54) is 0 Å². The maximum absolute atomic E-state index is 13.0. The minimum Gasteiger partial charge on any atom is -0.487 e. The number of nitrogens with one attached hydrogen (secondary N) is 1. The molecule has 0 saturated heterocycles. The average molecular weight is 404 g/mol. The highest BCUT2D eigenvalue weighted by Gasteiger charge is 2.38. The highest BCUT2D eigenvalue weighted by Crippen LogP contribution is 2.42. The molecule has 0 aliphatic carbocycles.